The number of rotatable bonds is 6. The molecule has 120 valence electrons. The maximum atomic E-state index is 12.2. The normalized spacial score (nSPS) is 22.5. The van der Waals surface area contributed by atoms with Crippen molar-refractivity contribution in [1.82, 2.24) is 16.2 Å². The number of nitrogens with one attached hydrogen (secondary N) is 3. The van der Waals surface area contributed by atoms with E-state index < -0.39 is 11.9 Å². The van der Waals surface area contributed by atoms with Crippen LogP contribution in [-0.4, -0.2) is 35.6 Å². The number of hydrazine groups is 1. The van der Waals surface area contributed by atoms with E-state index in [-0.39, 0.29) is 24.5 Å². The van der Waals surface area contributed by atoms with Gasteiger partial charge in [-0.3, -0.25) is 15.0 Å². The molecular weight excluding hydrogens is 282 g/mol. The lowest BCUT2D eigenvalue weighted by Gasteiger charge is -2.16. The third-order valence-electron chi connectivity index (χ3n) is 4.03. The molecule has 1 aromatic carbocycles. The number of benzene rings is 1. The van der Waals surface area contributed by atoms with E-state index in [0.717, 1.165) is 0 Å². The monoisotopic (exact) mass is 305 g/mol. The standard InChI is InChI=1S/C16H23N3O3/c1-10(2)13-8-14(19-18-13)15(20)17-9-12(16(21)22)11-6-4-3-5-7-11/h3-7,10,12-14,18-19H,8-9H2,1-2H3,(H,17,20)(H,21,22). The molecule has 1 aromatic rings. The second kappa shape index (κ2) is 7.38. The predicted molar refractivity (Wildman–Crippen MR) is 83.1 cm³/mol. The maximum Gasteiger partial charge on any atom is 0.312 e. The Hall–Kier alpha value is -1.92. The summed E-state index contributed by atoms with van der Waals surface area (Å²) in [6, 6.07) is 8.87. The van der Waals surface area contributed by atoms with Gasteiger partial charge in [-0.25, -0.2) is 5.43 Å². The van der Waals surface area contributed by atoms with Crippen LogP contribution in [0.3, 0.4) is 0 Å². The highest BCUT2D eigenvalue weighted by atomic mass is 16.4. The zero-order valence-electron chi connectivity index (χ0n) is 12.9. The first-order chi connectivity index (χ1) is 10.5. The molecule has 1 fully saturated rings. The van der Waals surface area contributed by atoms with Crippen LogP contribution < -0.4 is 16.2 Å². The second-order valence-electron chi connectivity index (χ2n) is 5.97. The molecule has 22 heavy (non-hydrogen) atoms. The molecule has 2 rings (SSSR count). The van der Waals surface area contributed by atoms with Crippen molar-refractivity contribution in [2.45, 2.75) is 38.3 Å². The lowest BCUT2D eigenvalue weighted by atomic mass is 9.98. The van der Waals surface area contributed by atoms with Gasteiger partial charge in [-0.1, -0.05) is 44.2 Å². The van der Waals surface area contributed by atoms with Gasteiger partial charge in [0.15, 0.2) is 0 Å². The molecular formula is C16H23N3O3. The highest BCUT2D eigenvalue weighted by Gasteiger charge is 2.31. The van der Waals surface area contributed by atoms with Crippen molar-refractivity contribution in [2.24, 2.45) is 5.92 Å². The molecule has 0 radical (unpaired) electrons. The van der Waals surface area contributed by atoms with Gasteiger partial charge in [-0.2, -0.15) is 0 Å². The first kappa shape index (κ1) is 16.5. The number of amides is 1. The summed E-state index contributed by atoms with van der Waals surface area (Å²) in [7, 11) is 0. The van der Waals surface area contributed by atoms with Crippen molar-refractivity contribution >= 4 is 11.9 Å². The molecule has 6 heteroatoms. The van der Waals surface area contributed by atoms with Crippen LogP contribution in [0.25, 0.3) is 0 Å². The highest BCUT2D eigenvalue weighted by Crippen LogP contribution is 2.16. The molecule has 0 spiro atoms. The van der Waals surface area contributed by atoms with E-state index in [1.807, 2.05) is 6.07 Å². The number of hydrogen-bond acceptors (Lipinski definition) is 4. The Bertz CT molecular complexity index is 519. The molecule has 1 aliphatic rings. The minimum Gasteiger partial charge on any atom is -0.481 e. The van der Waals surface area contributed by atoms with Gasteiger partial charge in [-0.15, -0.1) is 0 Å². The number of aliphatic carboxylic acids is 1. The fourth-order valence-corrected chi connectivity index (χ4v) is 2.55. The molecule has 6 nitrogen and oxygen atoms in total. The lowest BCUT2D eigenvalue weighted by molar-refractivity contribution is -0.138. The lowest BCUT2D eigenvalue weighted by Crippen LogP contribution is -2.45. The van der Waals surface area contributed by atoms with Gasteiger partial charge >= 0.3 is 5.97 Å². The maximum absolute atomic E-state index is 12.2. The van der Waals surface area contributed by atoms with E-state index >= 15 is 0 Å². The zero-order chi connectivity index (χ0) is 16.1. The van der Waals surface area contributed by atoms with Crippen molar-refractivity contribution in [2.75, 3.05) is 6.54 Å². The molecule has 4 N–H and O–H groups in total. The first-order valence-corrected chi connectivity index (χ1v) is 7.55. The molecule has 0 aromatic heterocycles. The van der Waals surface area contributed by atoms with Crippen LogP contribution in [0, 0.1) is 5.92 Å². The van der Waals surface area contributed by atoms with E-state index in [1.54, 1.807) is 24.3 Å². The third kappa shape index (κ3) is 4.05. The molecule has 0 saturated carbocycles. The molecule has 3 unspecified atom stereocenters. The van der Waals surface area contributed by atoms with Gasteiger partial charge in [0, 0.05) is 12.6 Å². The Labute approximate surface area is 130 Å². The molecule has 0 bridgehead atoms. The summed E-state index contributed by atoms with van der Waals surface area (Å²) in [5.41, 5.74) is 6.76. The van der Waals surface area contributed by atoms with Crippen LogP contribution in [0.5, 0.6) is 0 Å². The third-order valence-corrected chi connectivity index (χ3v) is 4.03. The summed E-state index contributed by atoms with van der Waals surface area (Å²) in [6.07, 6.45) is 0.701. The van der Waals surface area contributed by atoms with Crippen LogP contribution in [0.15, 0.2) is 30.3 Å². The summed E-state index contributed by atoms with van der Waals surface area (Å²) in [5.74, 6) is -1.41. The summed E-state index contributed by atoms with van der Waals surface area (Å²) in [4.78, 5) is 23.6. The quantitative estimate of drug-likeness (QED) is 0.626. The Morgan fingerprint density at radius 1 is 1.27 bits per heavy atom. The highest BCUT2D eigenvalue weighted by molar-refractivity contribution is 5.83. The average molecular weight is 305 g/mol. The first-order valence-electron chi connectivity index (χ1n) is 7.55. The molecule has 3 atom stereocenters. The van der Waals surface area contributed by atoms with Crippen LogP contribution in [0.2, 0.25) is 0 Å². The van der Waals surface area contributed by atoms with Gasteiger partial charge in [-0.05, 0) is 17.9 Å². The van der Waals surface area contributed by atoms with E-state index in [4.69, 9.17) is 0 Å². The van der Waals surface area contributed by atoms with Crippen molar-refractivity contribution in [1.29, 1.82) is 0 Å². The Morgan fingerprint density at radius 3 is 2.50 bits per heavy atom. The predicted octanol–water partition coefficient (Wildman–Crippen LogP) is 0.862. The number of carbonyl (C=O) groups is 2. The van der Waals surface area contributed by atoms with E-state index in [9.17, 15) is 14.7 Å². The number of carboxylic acid groups (broad SMARTS) is 1. The largest absolute Gasteiger partial charge is 0.481 e. The SMILES string of the molecule is CC(C)C1CC(C(=O)NCC(C(=O)O)c2ccccc2)NN1. The van der Waals surface area contributed by atoms with E-state index in [0.29, 0.717) is 17.9 Å². The number of carboxylic acids is 1. The fraction of sp³-hybridized carbons (Fsp3) is 0.500. The molecule has 1 aliphatic heterocycles. The topological polar surface area (TPSA) is 90.5 Å². The minimum atomic E-state index is -0.941. The van der Waals surface area contributed by atoms with Crippen molar-refractivity contribution < 1.29 is 14.7 Å². The van der Waals surface area contributed by atoms with E-state index in [1.165, 1.54) is 0 Å². The number of carbonyl (C=O) groups excluding carboxylic acids is 1. The minimum absolute atomic E-state index is 0.0860. The van der Waals surface area contributed by atoms with Crippen LogP contribution >= 0.6 is 0 Å². The Kier molecular flexibility index (Phi) is 5.51. The van der Waals surface area contributed by atoms with Gasteiger partial charge in [0.2, 0.25) is 5.91 Å². The Morgan fingerprint density at radius 2 is 1.95 bits per heavy atom. The Balaban J connectivity index is 1.90. The van der Waals surface area contributed by atoms with Gasteiger partial charge in [0.1, 0.15) is 6.04 Å². The molecule has 0 aliphatic carbocycles. The second-order valence-corrected chi connectivity index (χ2v) is 5.97. The smallest absolute Gasteiger partial charge is 0.312 e. The molecule has 1 saturated heterocycles. The molecule has 1 amide bonds. The summed E-state index contributed by atoms with van der Waals surface area (Å²) in [6.45, 7) is 4.27. The van der Waals surface area contributed by atoms with Crippen molar-refractivity contribution in [3.05, 3.63) is 35.9 Å². The summed E-state index contributed by atoms with van der Waals surface area (Å²) in [5, 5.41) is 12.1. The zero-order valence-corrected chi connectivity index (χ0v) is 12.9. The average Bonchev–Trinajstić information content (AvgIpc) is 2.98. The van der Waals surface area contributed by atoms with Gasteiger partial charge in [0.05, 0.1) is 5.92 Å². The van der Waals surface area contributed by atoms with Crippen LogP contribution in [-0.2, 0) is 9.59 Å². The van der Waals surface area contributed by atoms with Crippen LogP contribution in [0.4, 0.5) is 0 Å². The van der Waals surface area contributed by atoms with Crippen molar-refractivity contribution in [3.63, 3.8) is 0 Å². The van der Waals surface area contributed by atoms with Crippen LogP contribution in [0.1, 0.15) is 31.7 Å². The molecule has 1 heterocycles. The van der Waals surface area contributed by atoms with Gasteiger partial charge < -0.3 is 10.4 Å². The van der Waals surface area contributed by atoms with Gasteiger partial charge in [0.25, 0.3) is 0 Å². The number of hydrogen-bond donors (Lipinski definition) is 4. The summed E-state index contributed by atoms with van der Waals surface area (Å²) < 4.78 is 0. The van der Waals surface area contributed by atoms with Crippen molar-refractivity contribution in [3.8, 4) is 0 Å². The van der Waals surface area contributed by atoms with E-state index in [2.05, 4.69) is 30.0 Å². The fourth-order valence-electron chi connectivity index (χ4n) is 2.55. The summed E-state index contributed by atoms with van der Waals surface area (Å²) >= 11 is 0.